The summed E-state index contributed by atoms with van der Waals surface area (Å²) in [6.07, 6.45) is 5.13. The molecule has 1 aliphatic rings. The fourth-order valence-electron chi connectivity index (χ4n) is 3.72. The fraction of sp³-hybridized carbons (Fsp3) is 0.360. The molecule has 28 heavy (non-hydrogen) atoms. The normalized spacial score (nSPS) is 15.4. The van der Waals surface area contributed by atoms with Crippen molar-refractivity contribution in [3.05, 3.63) is 75.9 Å². The number of carbonyl (C=O) groups excluding carboxylic acids is 1. The van der Waals surface area contributed by atoms with Gasteiger partial charge in [0.2, 0.25) is 0 Å². The van der Waals surface area contributed by atoms with Gasteiger partial charge in [0.05, 0.1) is 11.6 Å². The zero-order valence-electron chi connectivity index (χ0n) is 17.0. The molecule has 2 aromatic rings. The fourth-order valence-corrected chi connectivity index (χ4v) is 3.72. The van der Waals surface area contributed by atoms with Gasteiger partial charge >= 0.3 is 0 Å². The Morgan fingerprint density at radius 2 is 1.86 bits per heavy atom. The van der Waals surface area contributed by atoms with Crippen LogP contribution in [0.2, 0.25) is 0 Å². The molecule has 0 N–H and O–H groups in total. The number of aryl methyl sites for hydroxylation is 1. The summed E-state index contributed by atoms with van der Waals surface area (Å²) < 4.78 is 0. The predicted octanol–water partition coefficient (Wildman–Crippen LogP) is 5.70. The van der Waals surface area contributed by atoms with E-state index in [2.05, 4.69) is 45.0 Å². The Morgan fingerprint density at radius 1 is 1.18 bits per heavy atom. The molecule has 1 fully saturated rings. The number of hydrogen-bond donors (Lipinski definition) is 0. The lowest BCUT2D eigenvalue weighted by atomic mass is 9.88. The van der Waals surface area contributed by atoms with Crippen molar-refractivity contribution < 1.29 is 4.79 Å². The van der Waals surface area contributed by atoms with E-state index in [1.54, 1.807) is 0 Å². The summed E-state index contributed by atoms with van der Waals surface area (Å²) in [4.78, 5) is 15.0. The molecule has 0 radical (unpaired) electrons. The van der Waals surface area contributed by atoms with Gasteiger partial charge in [-0.3, -0.25) is 4.79 Å². The Kier molecular flexibility index (Phi) is 6.31. The first-order chi connectivity index (χ1) is 13.5. The van der Waals surface area contributed by atoms with Crippen LogP contribution in [0.3, 0.4) is 0 Å². The molecule has 1 saturated heterocycles. The molecule has 0 unspecified atom stereocenters. The maximum atomic E-state index is 13.0. The minimum absolute atomic E-state index is 0.127. The van der Waals surface area contributed by atoms with Crippen LogP contribution in [0.25, 0.3) is 6.08 Å². The number of benzene rings is 2. The standard InChI is InChI=1S/C25H28N2O/c1-4-18(2)15-24-16-23(8-5-19(24)3)25(28)27-13-11-22(12-14-27)21-9-6-20(17-26)7-10-21/h5-10,15-16,22H,4,11-14H2,1-3H3. The summed E-state index contributed by atoms with van der Waals surface area (Å²) in [6.45, 7) is 7.91. The smallest absolute Gasteiger partial charge is 0.253 e. The van der Waals surface area contributed by atoms with E-state index < -0.39 is 0 Å². The first-order valence-corrected chi connectivity index (χ1v) is 10.1. The van der Waals surface area contributed by atoms with E-state index in [-0.39, 0.29) is 5.91 Å². The van der Waals surface area contributed by atoms with Crippen molar-refractivity contribution in [3.8, 4) is 6.07 Å². The molecule has 1 aliphatic heterocycles. The van der Waals surface area contributed by atoms with Crippen molar-refractivity contribution in [1.29, 1.82) is 5.26 Å². The Bertz CT molecular complexity index is 911. The van der Waals surface area contributed by atoms with Crippen LogP contribution < -0.4 is 0 Å². The quantitative estimate of drug-likeness (QED) is 0.691. The molecule has 3 rings (SSSR count). The Balaban J connectivity index is 1.68. The molecule has 0 atom stereocenters. The van der Waals surface area contributed by atoms with E-state index in [0.717, 1.165) is 43.5 Å². The van der Waals surface area contributed by atoms with Gasteiger partial charge in [0.15, 0.2) is 0 Å². The molecule has 1 heterocycles. The largest absolute Gasteiger partial charge is 0.339 e. The van der Waals surface area contributed by atoms with Crippen molar-refractivity contribution in [2.45, 2.75) is 46.0 Å². The third-order valence-corrected chi connectivity index (χ3v) is 5.78. The number of hydrogen-bond acceptors (Lipinski definition) is 2. The number of allylic oxidation sites excluding steroid dienone is 1. The number of nitrogens with zero attached hydrogens (tertiary/aromatic N) is 2. The van der Waals surface area contributed by atoms with Gasteiger partial charge in [-0.25, -0.2) is 0 Å². The van der Waals surface area contributed by atoms with Gasteiger partial charge in [-0.15, -0.1) is 0 Å². The van der Waals surface area contributed by atoms with Crippen molar-refractivity contribution >= 4 is 12.0 Å². The number of carbonyl (C=O) groups is 1. The molecule has 3 heteroatoms. The molecule has 2 aromatic carbocycles. The monoisotopic (exact) mass is 372 g/mol. The zero-order valence-corrected chi connectivity index (χ0v) is 17.0. The van der Waals surface area contributed by atoms with Crippen LogP contribution in [0.15, 0.2) is 48.0 Å². The predicted molar refractivity (Wildman–Crippen MR) is 114 cm³/mol. The summed E-state index contributed by atoms with van der Waals surface area (Å²) in [5.41, 5.74) is 6.39. The third kappa shape index (κ3) is 4.51. The van der Waals surface area contributed by atoms with E-state index in [9.17, 15) is 4.79 Å². The topological polar surface area (TPSA) is 44.1 Å². The lowest BCUT2D eigenvalue weighted by Crippen LogP contribution is -2.37. The highest BCUT2D eigenvalue weighted by molar-refractivity contribution is 5.95. The van der Waals surface area contributed by atoms with Crippen LogP contribution in [0.4, 0.5) is 0 Å². The first-order valence-electron chi connectivity index (χ1n) is 10.1. The number of piperidine rings is 1. The van der Waals surface area contributed by atoms with E-state index in [1.165, 1.54) is 16.7 Å². The average molecular weight is 373 g/mol. The summed E-state index contributed by atoms with van der Waals surface area (Å²) in [5, 5.41) is 8.94. The maximum Gasteiger partial charge on any atom is 0.253 e. The van der Waals surface area contributed by atoms with Crippen LogP contribution >= 0.6 is 0 Å². The van der Waals surface area contributed by atoms with Crippen LogP contribution in [0.5, 0.6) is 0 Å². The highest BCUT2D eigenvalue weighted by Crippen LogP contribution is 2.29. The van der Waals surface area contributed by atoms with Gasteiger partial charge in [-0.2, -0.15) is 5.26 Å². The van der Waals surface area contributed by atoms with Crippen molar-refractivity contribution in [2.24, 2.45) is 0 Å². The summed E-state index contributed by atoms with van der Waals surface area (Å²) in [7, 11) is 0. The molecular formula is C25H28N2O. The molecule has 3 nitrogen and oxygen atoms in total. The minimum atomic E-state index is 0.127. The van der Waals surface area contributed by atoms with Gasteiger partial charge in [-0.05, 0) is 80.0 Å². The molecule has 0 aliphatic carbocycles. The highest BCUT2D eigenvalue weighted by Gasteiger charge is 2.24. The molecule has 0 aromatic heterocycles. The second-order valence-electron chi connectivity index (χ2n) is 7.72. The van der Waals surface area contributed by atoms with Crippen LogP contribution in [0, 0.1) is 18.3 Å². The number of likely N-dealkylation sites (tertiary alicyclic amines) is 1. The van der Waals surface area contributed by atoms with Gasteiger partial charge in [0.25, 0.3) is 5.91 Å². The lowest BCUT2D eigenvalue weighted by molar-refractivity contribution is 0.0713. The highest BCUT2D eigenvalue weighted by atomic mass is 16.2. The summed E-state index contributed by atoms with van der Waals surface area (Å²) in [6, 6.07) is 16.1. The van der Waals surface area contributed by atoms with E-state index in [4.69, 9.17) is 5.26 Å². The maximum absolute atomic E-state index is 13.0. The minimum Gasteiger partial charge on any atom is -0.339 e. The summed E-state index contributed by atoms with van der Waals surface area (Å²) >= 11 is 0. The Hall–Kier alpha value is -2.86. The van der Waals surface area contributed by atoms with Crippen molar-refractivity contribution in [3.63, 3.8) is 0 Å². The van der Waals surface area contributed by atoms with Gasteiger partial charge in [0, 0.05) is 18.7 Å². The average Bonchev–Trinajstić information content (AvgIpc) is 2.75. The number of rotatable bonds is 4. The molecular weight excluding hydrogens is 344 g/mol. The first kappa shape index (κ1) is 19.9. The second-order valence-corrected chi connectivity index (χ2v) is 7.72. The van der Waals surface area contributed by atoms with E-state index in [1.807, 2.05) is 35.2 Å². The molecule has 144 valence electrons. The van der Waals surface area contributed by atoms with E-state index >= 15 is 0 Å². The van der Waals surface area contributed by atoms with Gasteiger partial charge < -0.3 is 4.90 Å². The van der Waals surface area contributed by atoms with Gasteiger partial charge in [0.1, 0.15) is 0 Å². The van der Waals surface area contributed by atoms with Crippen LogP contribution in [-0.4, -0.2) is 23.9 Å². The molecule has 0 saturated carbocycles. The summed E-state index contributed by atoms with van der Waals surface area (Å²) in [5.74, 6) is 0.586. The Labute approximate surface area is 168 Å². The van der Waals surface area contributed by atoms with Crippen LogP contribution in [0.1, 0.15) is 71.6 Å². The molecule has 1 amide bonds. The van der Waals surface area contributed by atoms with Crippen LogP contribution in [-0.2, 0) is 0 Å². The van der Waals surface area contributed by atoms with Crippen molar-refractivity contribution in [2.75, 3.05) is 13.1 Å². The number of amides is 1. The lowest BCUT2D eigenvalue weighted by Gasteiger charge is -2.32. The second kappa shape index (κ2) is 8.89. The van der Waals surface area contributed by atoms with Crippen molar-refractivity contribution in [1.82, 2.24) is 4.90 Å². The molecule has 0 spiro atoms. The van der Waals surface area contributed by atoms with Gasteiger partial charge in [-0.1, -0.05) is 36.8 Å². The van der Waals surface area contributed by atoms with E-state index in [0.29, 0.717) is 11.5 Å². The number of nitriles is 1. The molecule has 0 bridgehead atoms. The third-order valence-electron chi connectivity index (χ3n) is 5.78. The Morgan fingerprint density at radius 3 is 2.46 bits per heavy atom. The SMILES string of the molecule is CCC(C)=Cc1cc(C(=O)N2CCC(c3ccc(C#N)cc3)CC2)ccc1C. The zero-order chi connectivity index (χ0) is 20.1.